The lowest BCUT2D eigenvalue weighted by Gasteiger charge is -2.19. The standard InChI is InChI=1S/C20H27N3O2/c1-16-18(19(22-25-16)17-10-5-4-6-11-17)20(24)21-12-9-15-23-13-7-2-3-8-14-23/h4-6,10-11H,2-3,7-9,12-15H2,1H3,(H,21,24). The molecule has 2 aromatic rings. The molecule has 1 aromatic heterocycles. The number of carbonyl (C=O) groups excluding carboxylic acids is 1. The summed E-state index contributed by atoms with van der Waals surface area (Å²) in [5.74, 6) is 0.456. The molecule has 0 atom stereocenters. The molecule has 5 nitrogen and oxygen atoms in total. The van der Waals surface area contributed by atoms with Crippen LogP contribution in [0.1, 0.15) is 48.2 Å². The first-order valence-electron chi connectivity index (χ1n) is 9.28. The van der Waals surface area contributed by atoms with Crippen LogP contribution in [0.25, 0.3) is 11.3 Å². The van der Waals surface area contributed by atoms with Crippen LogP contribution in [0.5, 0.6) is 0 Å². The number of aryl methyl sites for hydroxylation is 1. The Morgan fingerprint density at radius 3 is 2.60 bits per heavy atom. The Hall–Kier alpha value is -2.14. The van der Waals surface area contributed by atoms with Gasteiger partial charge in [0.15, 0.2) is 0 Å². The summed E-state index contributed by atoms with van der Waals surface area (Å²) in [5.41, 5.74) is 2.05. The first-order valence-corrected chi connectivity index (χ1v) is 9.28. The Bertz CT molecular complexity index is 674. The number of nitrogens with one attached hydrogen (secondary N) is 1. The quantitative estimate of drug-likeness (QED) is 0.815. The predicted molar refractivity (Wildman–Crippen MR) is 98.5 cm³/mol. The van der Waals surface area contributed by atoms with E-state index < -0.39 is 0 Å². The molecule has 1 aromatic carbocycles. The number of likely N-dealkylation sites (tertiary alicyclic amines) is 1. The van der Waals surface area contributed by atoms with Gasteiger partial charge in [-0.3, -0.25) is 4.79 Å². The molecule has 0 spiro atoms. The lowest BCUT2D eigenvalue weighted by Crippen LogP contribution is -2.31. The topological polar surface area (TPSA) is 58.4 Å². The summed E-state index contributed by atoms with van der Waals surface area (Å²) in [6, 6.07) is 9.68. The molecule has 0 aliphatic carbocycles. The van der Waals surface area contributed by atoms with Gasteiger partial charge in [-0.15, -0.1) is 0 Å². The normalized spacial score (nSPS) is 15.7. The van der Waals surface area contributed by atoms with Gasteiger partial charge in [-0.05, 0) is 45.8 Å². The van der Waals surface area contributed by atoms with Crippen molar-refractivity contribution in [3.05, 3.63) is 41.7 Å². The van der Waals surface area contributed by atoms with Gasteiger partial charge in [-0.25, -0.2) is 0 Å². The number of rotatable bonds is 6. The first-order chi connectivity index (χ1) is 12.3. The minimum atomic E-state index is -0.103. The zero-order valence-corrected chi connectivity index (χ0v) is 15.0. The number of hydrogen-bond donors (Lipinski definition) is 1. The minimum Gasteiger partial charge on any atom is -0.360 e. The molecule has 134 valence electrons. The molecule has 1 aliphatic rings. The molecule has 1 aliphatic heterocycles. The first kappa shape index (κ1) is 17.7. The molecule has 0 saturated carbocycles. The van der Waals surface area contributed by atoms with Crippen molar-refractivity contribution < 1.29 is 9.32 Å². The number of nitrogens with zero attached hydrogens (tertiary/aromatic N) is 2. The fourth-order valence-electron chi connectivity index (χ4n) is 3.39. The second-order valence-corrected chi connectivity index (χ2v) is 6.69. The molecule has 0 unspecified atom stereocenters. The van der Waals surface area contributed by atoms with Gasteiger partial charge in [0.05, 0.1) is 0 Å². The van der Waals surface area contributed by atoms with Gasteiger partial charge in [-0.1, -0.05) is 48.3 Å². The summed E-state index contributed by atoms with van der Waals surface area (Å²) < 4.78 is 5.27. The molecule has 0 radical (unpaired) electrons. The van der Waals surface area contributed by atoms with E-state index in [2.05, 4.69) is 15.4 Å². The molecule has 0 bridgehead atoms. The average molecular weight is 341 g/mol. The Kier molecular flexibility index (Phi) is 6.23. The predicted octanol–water partition coefficient (Wildman–Crippen LogP) is 3.65. The van der Waals surface area contributed by atoms with Crippen LogP contribution >= 0.6 is 0 Å². The third kappa shape index (κ3) is 4.69. The van der Waals surface area contributed by atoms with Crippen molar-refractivity contribution >= 4 is 5.91 Å². The molecule has 5 heteroatoms. The van der Waals surface area contributed by atoms with Crippen LogP contribution in [0.4, 0.5) is 0 Å². The molecule has 1 saturated heterocycles. The molecule has 1 N–H and O–H groups in total. The van der Waals surface area contributed by atoms with Crippen molar-refractivity contribution in [3.63, 3.8) is 0 Å². The van der Waals surface area contributed by atoms with E-state index in [1.165, 1.54) is 38.8 Å². The fraction of sp³-hybridized carbons (Fsp3) is 0.500. The van der Waals surface area contributed by atoms with Gasteiger partial charge >= 0.3 is 0 Å². The molecule has 3 rings (SSSR count). The summed E-state index contributed by atoms with van der Waals surface area (Å²) in [4.78, 5) is 15.1. The molecule has 25 heavy (non-hydrogen) atoms. The van der Waals surface area contributed by atoms with Gasteiger partial charge in [0, 0.05) is 12.1 Å². The van der Waals surface area contributed by atoms with Crippen molar-refractivity contribution in [1.29, 1.82) is 0 Å². The SMILES string of the molecule is Cc1onc(-c2ccccc2)c1C(=O)NCCCN1CCCCCC1. The van der Waals surface area contributed by atoms with Gasteiger partial charge in [-0.2, -0.15) is 0 Å². The highest BCUT2D eigenvalue weighted by Crippen LogP contribution is 2.24. The smallest absolute Gasteiger partial charge is 0.257 e. The number of carbonyl (C=O) groups is 1. The minimum absolute atomic E-state index is 0.103. The zero-order chi connectivity index (χ0) is 17.5. The van der Waals surface area contributed by atoms with Crippen molar-refractivity contribution in [2.24, 2.45) is 0 Å². The Morgan fingerprint density at radius 2 is 1.88 bits per heavy atom. The van der Waals surface area contributed by atoms with Crippen LogP contribution in [0.3, 0.4) is 0 Å². The average Bonchev–Trinajstić information content (AvgIpc) is 2.84. The molecule has 2 heterocycles. The van der Waals surface area contributed by atoms with Crippen LogP contribution in [-0.4, -0.2) is 42.1 Å². The van der Waals surface area contributed by atoms with E-state index in [0.717, 1.165) is 18.5 Å². The Morgan fingerprint density at radius 1 is 1.16 bits per heavy atom. The third-order valence-electron chi connectivity index (χ3n) is 4.77. The van der Waals surface area contributed by atoms with Gasteiger partial charge < -0.3 is 14.7 Å². The molecule has 1 amide bonds. The number of aromatic nitrogens is 1. The molecular weight excluding hydrogens is 314 g/mol. The summed E-state index contributed by atoms with van der Waals surface area (Å²) in [5, 5.41) is 7.10. The maximum Gasteiger partial charge on any atom is 0.257 e. The lowest BCUT2D eigenvalue weighted by molar-refractivity contribution is 0.0950. The largest absolute Gasteiger partial charge is 0.360 e. The van der Waals surface area contributed by atoms with Crippen LogP contribution in [-0.2, 0) is 0 Å². The van der Waals surface area contributed by atoms with Crippen LogP contribution in [0.15, 0.2) is 34.9 Å². The highest BCUT2D eigenvalue weighted by Gasteiger charge is 2.21. The van der Waals surface area contributed by atoms with E-state index in [1.807, 2.05) is 30.3 Å². The van der Waals surface area contributed by atoms with Crippen molar-refractivity contribution in [2.75, 3.05) is 26.2 Å². The van der Waals surface area contributed by atoms with Gasteiger partial charge in [0.2, 0.25) is 0 Å². The van der Waals surface area contributed by atoms with Crippen LogP contribution in [0, 0.1) is 6.92 Å². The van der Waals surface area contributed by atoms with Crippen LogP contribution < -0.4 is 5.32 Å². The summed E-state index contributed by atoms with van der Waals surface area (Å²) in [6.45, 7) is 5.89. The number of amides is 1. The van der Waals surface area contributed by atoms with Crippen molar-refractivity contribution in [2.45, 2.75) is 39.0 Å². The Labute approximate surface area is 149 Å². The highest BCUT2D eigenvalue weighted by atomic mass is 16.5. The lowest BCUT2D eigenvalue weighted by atomic mass is 10.1. The fourth-order valence-corrected chi connectivity index (χ4v) is 3.39. The van der Waals surface area contributed by atoms with E-state index >= 15 is 0 Å². The highest BCUT2D eigenvalue weighted by molar-refractivity contribution is 6.00. The zero-order valence-electron chi connectivity index (χ0n) is 15.0. The van der Waals surface area contributed by atoms with E-state index in [4.69, 9.17) is 4.52 Å². The summed E-state index contributed by atoms with van der Waals surface area (Å²) in [6.07, 6.45) is 6.26. The second kappa shape index (κ2) is 8.81. The van der Waals surface area contributed by atoms with Crippen molar-refractivity contribution in [1.82, 2.24) is 15.4 Å². The maximum absolute atomic E-state index is 12.6. The number of benzene rings is 1. The molecule has 1 fully saturated rings. The second-order valence-electron chi connectivity index (χ2n) is 6.69. The molecular formula is C20H27N3O2. The third-order valence-corrected chi connectivity index (χ3v) is 4.77. The van der Waals surface area contributed by atoms with E-state index in [0.29, 0.717) is 23.6 Å². The van der Waals surface area contributed by atoms with Crippen LogP contribution in [0.2, 0.25) is 0 Å². The number of hydrogen-bond acceptors (Lipinski definition) is 4. The Balaban J connectivity index is 1.54. The maximum atomic E-state index is 12.6. The van der Waals surface area contributed by atoms with Crippen molar-refractivity contribution in [3.8, 4) is 11.3 Å². The van der Waals surface area contributed by atoms with E-state index in [9.17, 15) is 4.79 Å². The monoisotopic (exact) mass is 341 g/mol. The summed E-state index contributed by atoms with van der Waals surface area (Å²) >= 11 is 0. The van der Waals surface area contributed by atoms with Gasteiger partial charge in [0.25, 0.3) is 5.91 Å². The summed E-state index contributed by atoms with van der Waals surface area (Å²) in [7, 11) is 0. The van der Waals surface area contributed by atoms with Gasteiger partial charge in [0.1, 0.15) is 17.0 Å². The van der Waals surface area contributed by atoms with E-state index in [-0.39, 0.29) is 5.91 Å². The van der Waals surface area contributed by atoms with E-state index in [1.54, 1.807) is 6.92 Å².